The van der Waals surface area contributed by atoms with E-state index in [9.17, 15) is 67.1 Å². The number of hydrogen-bond acceptors (Lipinski definition) is 21. The van der Waals surface area contributed by atoms with Gasteiger partial charge in [0.15, 0.2) is 28.9 Å². The molecular weight excluding hydrogens is 1480 g/mol. The molecule has 0 aliphatic carbocycles. The number of Topliss-reactive ketones (excluding diaryl/α,β-unsaturated/α-hetero) is 7. The molecule has 1 atom stereocenters. The van der Waals surface area contributed by atoms with Crippen LogP contribution in [0.25, 0.3) is 0 Å². The van der Waals surface area contributed by atoms with Gasteiger partial charge in [-0.15, -0.1) is 0 Å². The van der Waals surface area contributed by atoms with Gasteiger partial charge in [-0.1, -0.05) is 201 Å². The maximum Gasteiger partial charge on any atom is 0.252 e. The van der Waals surface area contributed by atoms with Gasteiger partial charge in [-0.05, 0) is 171 Å². The first-order valence-electron chi connectivity index (χ1n) is 31.0. The van der Waals surface area contributed by atoms with Crippen LogP contribution in [0, 0.1) is 5.92 Å². The molecule has 7 amide bonds. The van der Waals surface area contributed by atoms with Crippen molar-refractivity contribution in [3.05, 3.63) is 177 Å². The number of carbonyl (C=O) groups is 14. The highest BCUT2D eigenvalue weighted by Gasteiger charge is 2.12. The van der Waals surface area contributed by atoms with Gasteiger partial charge < -0.3 is 74.4 Å². The fourth-order valence-corrected chi connectivity index (χ4v) is 7.13. The summed E-state index contributed by atoms with van der Waals surface area (Å²) in [6.45, 7) is 16.3. The van der Waals surface area contributed by atoms with Gasteiger partial charge in [0.05, 0.1) is 52.9 Å². The minimum absolute atomic E-state index is 0. The van der Waals surface area contributed by atoms with Crippen molar-refractivity contribution in [1.82, 2.24) is 74.4 Å². The van der Waals surface area contributed by atoms with E-state index in [1.54, 1.807) is 164 Å². The zero-order chi connectivity index (χ0) is 74.5. The Morgan fingerprint density at radius 1 is 0.233 bits per heavy atom. The van der Waals surface area contributed by atoms with Crippen molar-refractivity contribution < 1.29 is 67.1 Å². The van der Waals surface area contributed by atoms with Gasteiger partial charge in [-0.3, -0.25) is 67.1 Å². The maximum absolute atomic E-state index is 11.8. The summed E-state index contributed by atoms with van der Waals surface area (Å²) in [7, 11) is 12.3. The summed E-state index contributed by atoms with van der Waals surface area (Å²) in [6, 6.07) is 33.1. The molecule has 28 heteroatoms. The highest BCUT2D eigenvalue weighted by molar-refractivity contribution is 6.02. The van der Waals surface area contributed by atoms with Crippen molar-refractivity contribution in [2.24, 2.45) is 5.92 Å². The average molecular weight is 1650 g/mol. The molecule has 0 saturated carbocycles. The molecule has 1 unspecified atom stereocenters. The largest absolute Gasteiger partial charge is 0.352 e. The monoisotopic (exact) mass is 1650 g/mol. The molecule has 678 valence electrons. The first kappa shape index (κ1) is 158. The lowest BCUT2D eigenvalue weighted by molar-refractivity contribution is -0.128. The topological polar surface area (TPSA) is 407 Å². The normalized spacial score (nSPS) is 8.44. The summed E-state index contributed by atoms with van der Waals surface area (Å²) in [6.07, 6.45) is -0.0522. The first-order valence-corrected chi connectivity index (χ1v) is 31.0. The molecule has 14 N–H and O–H groups in total. The Morgan fingerprint density at radius 2 is 0.422 bits per heavy atom. The van der Waals surface area contributed by atoms with Crippen LogP contribution in [0.3, 0.4) is 0 Å². The number of benzene rings is 5. The SMILES string of the molecule is C.C.C.C.C.C.C.C.C.C.C.C.C.C.C.C.C.C.CNCC(C)CNC(=O)c1ccc(C(C)=O)cc1.CNCNC(=O)CC(C)=O.CNCNC(=O)CC(C)=O.CNCNC(=O)c1ccc(C(C)=O)cc1.CNCNC(=O)c1ccc(C(C)=O)cc1.CNCNC(=O)c1ccc(C(C)=O)cc1.CNCNC(=O)c1cccc(C(C)=O)c1. The zero-order valence-electron chi connectivity index (χ0n) is 58.9. The van der Waals surface area contributed by atoms with Gasteiger partial charge in [0.1, 0.15) is 11.6 Å². The van der Waals surface area contributed by atoms with E-state index in [0.29, 0.717) is 108 Å². The molecule has 5 rings (SSSR count). The van der Waals surface area contributed by atoms with Gasteiger partial charge in [0, 0.05) is 62.2 Å². The predicted octanol–water partition coefficient (Wildman–Crippen LogP) is 14.6. The lowest BCUT2D eigenvalue weighted by atomic mass is 10.1. The molecule has 0 bridgehead atoms. The quantitative estimate of drug-likeness (QED) is 0.0115. The van der Waals surface area contributed by atoms with Crippen molar-refractivity contribution in [3.8, 4) is 0 Å². The summed E-state index contributed by atoms with van der Waals surface area (Å²) < 4.78 is 0. The molecule has 0 spiro atoms. The minimum atomic E-state index is -0.234. The smallest absolute Gasteiger partial charge is 0.252 e. The Labute approximate surface area is 707 Å². The second-order valence-electron chi connectivity index (χ2n) is 21.2. The second kappa shape index (κ2) is 95.4. The zero-order valence-corrected chi connectivity index (χ0v) is 58.9. The fraction of sp³-hybridized carbons (Fsp3) is 0.500. The van der Waals surface area contributed by atoms with Crippen molar-refractivity contribution in [1.29, 1.82) is 0 Å². The molecular formula is C88H172N14O14. The minimum Gasteiger partial charge on any atom is -0.352 e. The lowest BCUT2D eigenvalue weighted by Crippen LogP contribution is -2.32. The van der Waals surface area contributed by atoms with Crippen molar-refractivity contribution >= 4 is 81.8 Å². The van der Waals surface area contributed by atoms with Crippen molar-refractivity contribution in [3.63, 3.8) is 0 Å². The van der Waals surface area contributed by atoms with Gasteiger partial charge in [-0.2, -0.15) is 0 Å². The molecule has 0 fully saturated rings. The maximum atomic E-state index is 11.8. The lowest BCUT2D eigenvalue weighted by Gasteiger charge is -2.12. The van der Waals surface area contributed by atoms with Gasteiger partial charge >= 0.3 is 0 Å². The fourth-order valence-electron chi connectivity index (χ4n) is 7.13. The highest BCUT2D eigenvalue weighted by Crippen LogP contribution is 2.10. The summed E-state index contributed by atoms with van der Waals surface area (Å²) in [5, 5.41) is 38.3. The Morgan fingerprint density at radius 3 is 0.621 bits per heavy atom. The molecule has 5 aromatic carbocycles. The number of nitrogens with one attached hydrogen (secondary N) is 14. The van der Waals surface area contributed by atoms with Crippen LogP contribution in [0.4, 0.5) is 0 Å². The molecule has 0 heterocycles. The predicted molar refractivity (Wildman–Crippen MR) is 499 cm³/mol. The molecule has 0 saturated heterocycles. The third-order valence-electron chi connectivity index (χ3n) is 12.4. The van der Waals surface area contributed by atoms with Crippen LogP contribution in [-0.4, -0.2) is 184 Å². The van der Waals surface area contributed by atoms with E-state index in [1.165, 1.54) is 48.5 Å². The molecule has 0 aromatic heterocycles. The van der Waals surface area contributed by atoms with E-state index in [-0.39, 0.29) is 228 Å². The van der Waals surface area contributed by atoms with Crippen LogP contribution >= 0.6 is 0 Å². The van der Waals surface area contributed by atoms with E-state index in [1.807, 2.05) is 7.05 Å². The van der Waals surface area contributed by atoms with Gasteiger partial charge in [-0.25, -0.2) is 0 Å². The third kappa shape index (κ3) is 76.4. The Kier molecular flexibility index (Phi) is 130. The van der Waals surface area contributed by atoms with E-state index in [4.69, 9.17) is 0 Å². The highest BCUT2D eigenvalue weighted by atomic mass is 16.2. The summed E-state index contributed by atoms with van der Waals surface area (Å²) in [5.74, 6) is -1.12. The average Bonchev–Trinajstić information content (AvgIpc) is 0.907. The van der Waals surface area contributed by atoms with E-state index < -0.39 is 0 Å². The van der Waals surface area contributed by atoms with Gasteiger partial charge in [0.25, 0.3) is 29.5 Å². The first-order chi connectivity index (χ1) is 46.5. The number of ketones is 7. The van der Waals surface area contributed by atoms with Crippen LogP contribution in [0.1, 0.15) is 305 Å². The van der Waals surface area contributed by atoms with Crippen LogP contribution < -0.4 is 74.4 Å². The van der Waals surface area contributed by atoms with Crippen LogP contribution in [0.15, 0.2) is 121 Å². The summed E-state index contributed by atoms with van der Waals surface area (Å²) in [5.41, 5.74) is 5.73. The van der Waals surface area contributed by atoms with Gasteiger partial charge in [0.2, 0.25) is 11.8 Å². The van der Waals surface area contributed by atoms with Crippen LogP contribution in [0.5, 0.6) is 0 Å². The number of hydrogen-bond donors (Lipinski definition) is 14. The number of amides is 7. The summed E-state index contributed by atoms with van der Waals surface area (Å²) in [4.78, 5) is 155. The molecule has 0 aliphatic rings. The molecule has 0 aliphatic heterocycles. The summed E-state index contributed by atoms with van der Waals surface area (Å²) >= 11 is 0. The molecule has 5 aromatic rings. The van der Waals surface area contributed by atoms with Crippen molar-refractivity contribution in [2.75, 3.05) is 102 Å². The van der Waals surface area contributed by atoms with Crippen molar-refractivity contribution in [2.45, 2.75) is 202 Å². The molecule has 28 nitrogen and oxygen atoms in total. The Hall–Kier alpha value is -10.2. The Balaban J connectivity index is -0.0000000505. The molecule has 0 radical (unpaired) electrons. The van der Waals surface area contributed by atoms with E-state index in [2.05, 4.69) is 81.4 Å². The number of carbonyl (C=O) groups excluding carboxylic acids is 14. The van der Waals surface area contributed by atoms with Crippen LogP contribution in [0.2, 0.25) is 0 Å². The molecule has 116 heavy (non-hydrogen) atoms. The second-order valence-corrected chi connectivity index (χ2v) is 21.2. The van der Waals surface area contributed by atoms with Crippen LogP contribution in [-0.2, 0) is 19.2 Å². The third-order valence-corrected chi connectivity index (χ3v) is 12.4. The number of rotatable bonds is 30. The van der Waals surface area contributed by atoms with E-state index >= 15 is 0 Å². The standard InChI is InChI=1S/C14H20N2O2.4C11H14N2O2.2C6H12N2O2.18CH4/c1-10(8-15-3)9-16-14(18)13-6-4-12(5-7-13)11(2)17;3*1-8(14)9-3-5-10(6-4-9)11(15)13-7-12-2;1-8(14)9-4-3-5-10(6-9)11(15)13-7-12-2;2*1-5(9)3-6(10)8-4-7-2;;;;;;;;;;;;;;;;;;/h4-7,10,15H,8-9H2,1-3H3,(H,16,18);4*3-6,12H,7H2,1-2H3,(H,13,15);2*7H,3-4H2,1-2H3,(H,8,10);18*1H4. The Bertz CT molecular complexity index is 3130. The van der Waals surface area contributed by atoms with E-state index in [0.717, 1.165) is 6.54 Å².